The highest BCUT2D eigenvalue weighted by atomic mass is 79.9. The summed E-state index contributed by atoms with van der Waals surface area (Å²) in [5.74, 6) is 0. The molecule has 0 atom stereocenters. The van der Waals surface area contributed by atoms with Gasteiger partial charge in [0.1, 0.15) is 0 Å². The van der Waals surface area contributed by atoms with Crippen LogP contribution in [0.1, 0.15) is 44.0 Å². The number of aromatic nitrogens is 2. The van der Waals surface area contributed by atoms with Crippen molar-refractivity contribution in [3.05, 3.63) is 15.9 Å². The predicted molar refractivity (Wildman–Crippen MR) is 74.0 cm³/mol. The highest BCUT2D eigenvalue weighted by Crippen LogP contribution is 2.41. The zero-order valence-electron chi connectivity index (χ0n) is 10.8. The van der Waals surface area contributed by atoms with Crippen LogP contribution in [0.5, 0.6) is 0 Å². The van der Waals surface area contributed by atoms with Crippen LogP contribution in [0.15, 0.2) is 4.47 Å². The maximum absolute atomic E-state index is 6.02. The summed E-state index contributed by atoms with van der Waals surface area (Å²) in [6, 6.07) is 0. The summed E-state index contributed by atoms with van der Waals surface area (Å²) in [6.45, 7) is 5.94. The molecule has 1 fully saturated rings. The molecule has 1 aromatic rings. The lowest BCUT2D eigenvalue weighted by Crippen LogP contribution is -2.30. The summed E-state index contributed by atoms with van der Waals surface area (Å²) >= 11 is 3.68. The molecule has 3 nitrogen and oxygen atoms in total. The van der Waals surface area contributed by atoms with Crippen molar-refractivity contribution in [2.45, 2.75) is 52.5 Å². The third-order valence-electron chi connectivity index (χ3n) is 4.09. The average molecular weight is 300 g/mol. The molecule has 0 radical (unpaired) electrons. The zero-order chi connectivity index (χ0) is 12.5. The lowest BCUT2D eigenvalue weighted by molar-refractivity contribution is 0.297. The summed E-state index contributed by atoms with van der Waals surface area (Å²) in [5, 5.41) is 4.57. The van der Waals surface area contributed by atoms with Crippen molar-refractivity contribution >= 4 is 15.9 Å². The Kier molecular flexibility index (Phi) is 3.93. The van der Waals surface area contributed by atoms with Gasteiger partial charge in [-0.05, 0) is 61.0 Å². The summed E-state index contributed by atoms with van der Waals surface area (Å²) in [7, 11) is 0. The molecule has 2 rings (SSSR count). The summed E-state index contributed by atoms with van der Waals surface area (Å²) in [4.78, 5) is 0. The van der Waals surface area contributed by atoms with Crippen LogP contribution in [-0.2, 0) is 13.0 Å². The fourth-order valence-electron chi connectivity index (χ4n) is 2.97. The Balaban J connectivity index is 2.28. The van der Waals surface area contributed by atoms with Gasteiger partial charge in [-0.25, -0.2) is 0 Å². The van der Waals surface area contributed by atoms with E-state index in [1.807, 2.05) is 0 Å². The van der Waals surface area contributed by atoms with Gasteiger partial charge in [-0.1, -0.05) is 12.8 Å². The quantitative estimate of drug-likeness (QED) is 0.929. The number of hydrogen-bond donors (Lipinski definition) is 1. The van der Waals surface area contributed by atoms with Crippen LogP contribution >= 0.6 is 15.9 Å². The molecule has 1 heterocycles. The SMILES string of the molecule is CCn1nc(C)c(Br)c1CC1(CN)CCCC1. The number of rotatable bonds is 4. The van der Waals surface area contributed by atoms with Gasteiger partial charge in [0.15, 0.2) is 0 Å². The van der Waals surface area contributed by atoms with E-state index in [0.717, 1.165) is 25.2 Å². The number of hydrogen-bond acceptors (Lipinski definition) is 2. The maximum Gasteiger partial charge on any atom is 0.0738 e. The van der Waals surface area contributed by atoms with Gasteiger partial charge in [-0.2, -0.15) is 5.10 Å². The lowest BCUT2D eigenvalue weighted by Gasteiger charge is -2.27. The fourth-order valence-corrected chi connectivity index (χ4v) is 3.40. The number of nitrogens with two attached hydrogens (primary N) is 1. The highest BCUT2D eigenvalue weighted by Gasteiger charge is 2.34. The van der Waals surface area contributed by atoms with Crippen molar-refractivity contribution in [2.75, 3.05) is 6.54 Å². The van der Waals surface area contributed by atoms with E-state index in [1.165, 1.54) is 35.8 Å². The number of halogens is 1. The van der Waals surface area contributed by atoms with E-state index in [9.17, 15) is 0 Å². The van der Waals surface area contributed by atoms with Crippen molar-refractivity contribution in [1.82, 2.24) is 9.78 Å². The molecule has 1 saturated carbocycles. The molecule has 1 aliphatic rings. The summed E-state index contributed by atoms with van der Waals surface area (Å²) in [5.41, 5.74) is 8.76. The van der Waals surface area contributed by atoms with Crippen LogP contribution in [-0.4, -0.2) is 16.3 Å². The molecule has 0 spiro atoms. The first-order chi connectivity index (χ1) is 8.12. The monoisotopic (exact) mass is 299 g/mol. The Hall–Kier alpha value is -0.350. The van der Waals surface area contributed by atoms with E-state index in [0.29, 0.717) is 5.41 Å². The molecule has 17 heavy (non-hydrogen) atoms. The van der Waals surface area contributed by atoms with E-state index in [-0.39, 0.29) is 0 Å². The van der Waals surface area contributed by atoms with E-state index in [1.54, 1.807) is 0 Å². The second-order valence-corrected chi connectivity index (χ2v) is 6.04. The minimum absolute atomic E-state index is 0.321. The highest BCUT2D eigenvalue weighted by molar-refractivity contribution is 9.10. The number of nitrogens with zero attached hydrogens (tertiary/aromatic N) is 2. The molecule has 2 N–H and O–H groups in total. The van der Waals surface area contributed by atoms with E-state index in [4.69, 9.17) is 5.73 Å². The molecule has 0 saturated heterocycles. The maximum atomic E-state index is 6.02. The Morgan fingerprint density at radius 2 is 2.06 bits per heavy atom. The van der Waals surface area contributed by atoms with Gasteiger partial charge in [0.25, 0.3) is 0 Å². The van der Waals surface area contributed by atoms with Gasteiger partial charge in [0.05, 0.1) is 15.9 Å². The van der Waals surface area contributed by atoms with E-state index < -0.39 is 0 Å². The van der Waals surface area contributed by atoms with Gasteiger partial charge >= 0.3 is 0 Å². The molecule has 0 bridgehead atoms. The second-order valence-electron chi connectivity index (χ2n) is 5.25. The predicted octanol–water partition coefficient (Wildman–Crippen LogP) is 3.04. The molecular formula is C13H22BrN3. The molecular weight excluding hydrogens is 278 g/mol. The minimum Gasteiger partial charge on any atom is -0.330 e. The van der Waals surface area contributed by atoms with E-state index >= 15 is 0 Å². The standard InChI is InChI=1S/C13H22BrN3/c1-3-17-11(12(14)10(2)16-17)8-13(9-15)6-4-5-7-13/h3-9,15H2,1-2H3. The summed E-state index contributed by atoms with van der Waals surface area (Å²) < 4.78 is 3.30. The Morgan fingerprint density at radius 3 is 2.59 bits per heavy atom. The topological polar surface area (TPSA) is 43.8 Å². The fraction of sp³-hybridized carbons (Fsp3) is 0.769. The van der Waals surface area contributed by atoms with Gasteiger partial charge in [-0.3, -0.25) is 4.68 Å². The van der Waals surface area contributed by atoms with Crippen LogP contribution in [0.2, 0.25) is 0 Å². The van der Waals surface area contributed by atoms with Gasteiger partial charge in [0, 0.05) is 6.54 Å². The zero-order valence-corrected chi connectivity index (χ0v) is 12.4. The van der Waals surface area contributed by atoms with Crippen molar-refractivity contribution in [3.63, 3.8) is 0 Å². The van der Waals surface area contributed by atoms with Gasteiger partial charge in [0.2, 0.25) is 0 Å². The Bertz CT molecular complexity index is 392. The molecule has 1 aliphatic carbocycles. The van der Waals surface area contributed by atoms with Gasteiger partial charge < -0.3 is 5.73 Å². The Labute approximate surface area is 112 Å². The molecule has 0 aromatic carbocycles. The molecule has 96 valence electrons. The first-order valence-corrected chi connectivity index (χ1v) is 7.33. The third kappa shape index (κ3) is 2.43. The molecule has 1 aromatic heterocycles. The van der Waals surface area contributed by atoms with Crippen LogP contribution < -0.4 is 5.73 Å². The van der Waals surface area contributed by atoms with Crippen molar-refractivity contribution in [2.24, 2.45) is 11.1 Å². The second kappa shape index (κ2) is 5.11. The Morgan fingerprint density at radius 1 is 1.41 bits per heavy atom. The molecule has 0 aliphatic heterocycles. The van der Waals surface area contributed by atoms with Crippen LogP contribution in [0.4, 0.5) is 0 Å². The third-order valence-corrected chi connectivity index (χ3v) is 5.12. The molecule has 4 heteroatoms. The first-order valence-electron chi connectivity index (χ1n) is 6.54. The minimum atomic E-state index is 0.321. The van der Waals surface area contributed by atoms with E-state index in [2.05, 4.69) is 39.6 Å². The summed E-state index contributed by atoms with van der Waals surface area (Å²) in [6.07, 6.45) is 6.26. The largest absolute Gasteiger partial charge is 0.330 e. The van der Waals surface area contributed by atoms with Gasteiger partial charge in [-0.15, -0.1) is 0 Å². The normalized spacial score (nSPS) is 18.8. The van der Waals surface area contributed by atoms with Crippen LogP contribution in [0.3, 0.4) is 0 Å². The van der Waals surface area contributed by atoms with Crippen molar-refractivity contribution in [3.8, 4) is 0 Å². The molecule has 0 unspecified atom stereocenters. The smallest absolute Gasteiger partial charge is 0.0738 e. The van der Waals surface area contributed by atoms with Crippen molar-refractivity contribution < 1.29 is 0 Å². The first kappa shape index (κ1) is 13.1. The lowest BCUT2D eigenvalue weighted by atomic mass is 9.81. The molecule has 0 amide bonds. The number of aryl methyl sites for hydroxylation is 2. The average Bonchev–Trinajstić information content (AvgIpc) is 2.90. The van der Waals surface area contributed by atoms with Crippen molar-refractivity contribution in [1.29, 1.82) is 0 Å². The van der Waals surface area contributed by atoms with Crippen LogP contribution in [0.25, 0.3) is 0 Å². The van der Waals surface area contributed by atoms with Crippen LogP contribution in [0, 0.1) is 12.3 Å².